The fourth-order valence-electron chi connectivity index (χ4n) is 4.09. The monoisotopic (exact) mass is 415 g/mol. The minimum Gasteiger partial charge on any atom is -0.489 e. The lowest BCUT2D eigenvalue weighted by Gasteiger charge is -2.34. The van der Waals surface area contributed by atoms with Gasteiger partial charge in [0.25, 0.3) is 0 Å². The second-order valence-electron chi connectivity index (χ2n) is 7.83. The molecule has 0 bridgehead atoms. The molecule has 2 aromatic rings. The third kappa shape index (κ3) is 3.41. The summed E-state index contributed by atoms with van der Waals surface area (Å²) in [5.41, 5.74) is 1.62. The lowest BCUT2D eigenvalue weighted by Crippen LogP contribution is -2.28. The van der Waals surface area contributed by atoms with Gasteiger partial charge in [0.15, 0.2) is 16.9 Å². The molecule has 0 amide bonds. The Hall–Kier alpha value is -3.00. The Kier molecular flexibility index (Phi) is 5.42. The number of nitrogens with zero attached hydrogens (tertiary/aromatic N) is 1. The number of hydrogen-bond donors (Lipinski definition) is 1. The molecule has 8 nitrogen and oxygen atoms in total. The van der Waals surface area contributed by atoms with E-state index < -0.39 is 11.4 Å². The van der Waals surface area contributed by atoms with E-state index in [1.165, 1.54) is 12.3 Å². The van der Waals surface area contributed by atoms with Crippen LogP contribution in [0.15, 0.2) is 23.1 Å². The van der Waals surface area contributed by atoms with Crippen LogP contribution in [-0.4, -0.2) is 42.8 Å². The highest BCUT2D eigenvalue weighted by atomic mass is 16.7. The van der Waals surface area contributed by atoms with Crippen molar-refractivity contribution in [1.82, 2.24) is 4.57 Å². The van der Waals surface area contributed by atoms with Crippen LogP contribution in [0, 0.1) is 5.92 Å². The summed E-state index contributed by atoms with van der Waals surface area (Å²) in [6.45, 7) is 5.29. The summed E-state index contributed by atoms with van der Waals surface area (Å²) in [7, 11) is 1.65. The number of hydrogen-bond acceptors (Lipinski definition) is 6. The fraction of sp³-hybridized carbons (Fsp3) is 0.455. The van der Waals surface area contributed by atoms with E-state index in [0.717, 1.165) is 17.5 Å². The molecule has 0 radical (unpaired) electrons. The van der Waals surface area contributed by atoms with Gasteiger partial charge in [-0.15, -0.1) is 0 Å². The normalized spacial score (nSPS) is 16.3. The van der Waals surface area contributed by atoms with Crippen LogP contribution >= 0.6 is 0 Å². The number of carboxylic acid groups (broad SMARTS) is 1. The van der Waals surface area contributed by atoms with Crippen molar-refractivity contribution in [2.75, 3.05) is 27.1 Å². The number of carboxylic acids is 1. The van der Waals surface area contributed by atoms with E-state index in [4.69, 9.17) is 18.9 Å². The van der Waals surface area contributed by atoms with Gasteiger partial charge in [0.1, 0.15) is 5.56 Å². The highest BCUT2D eigenvalue weighted by Gasteiger charge is 2.35. The Morgan fingerprint density at radius 1 is 1.27 bits per heavy atom. The molecule has 0 spiro atoms. The van der Waals surface area contributed by atoms with Gasteiger partial charge in [-0.05, 0) is 24.0 Å². The first-order valence-electron chi connectivity index (χ1n) is 9.99. The van der Waals surface area contributed by atoms with Crippen molar-refractivity contribution in [3.63, 3.8) is 0 Å². The molecule has 8 heteroatoms. The number of rotatable bonds is 7. The van der Waals surface area contributed by atoms with Gasteiger partial charge >= 0.3 is 5.97 Å². The molecule has 1 aromatic heterocycles. The summed E-state index contributed by atoms with van der Waals surface area (Å²) in [6, 6.07) is 3.33. The third-order valence-electron chi connectivity index (χ3n) is 5.56. The summed E-state index contributed by atoms with van der Waals surface area (Å²) >= 11 is 0. The predicted octanol–water partition coefficient (Wildman–Crippen LogP) is 3.11. The molecule has 0 saturated carbocycles. The average molecular weight is 415 g/mol. The van der Waals surface area contributed by atoms with Crippen LogP contribution in [0.2, 0.25) is 0 Å². The maximum absolute atomic E-state index is 12.5. The molecule has 0 unspecified atom stereocenters. The van der Waals surface area contributed by atoms with E-state index in [9.17, 15) is 14.7 Å². The first-order valence-corrected chi connectivity index (χ1v) is 9.99. The second kappa shape index (κ2) is 8.02. The molecule has 30 heavy (non-hydrogen) atoms. The number of pyridine rings is 1. The number of aromatic nitrogens is 1. The van der Waals surface area contributed by atoms with E-state index in [-0.39, 0.29) is 24.3 Å². The van der Waals surface area contributed by atoms with E-state index in [2.05, 4.69) is 13.8 Å². The summed E-state index contributed by atoms with van der Waals surface area (Å²) in [5.74, 6) is 0.645. The Morgan fingerprint density at radius 3 is 2.73 bits per heavy atom. The van der Waals surface area contributed by atoms with Crippen LogP contribution in [0.1, 0.15) is 42.2 Å². The minimum atomic E-state index is -1.23. The van der Waals surface area contributed by atoms with E-state index in [0.29, 0.717) is 42.6 Å². The molecule has 2 aliphatic rings. The van der Waals surface area contributed by atoms with Gasteiger partial charge in [-0.25, -0.2) is 4.79 Å². The molecule has 0 fully saturated rings. The summed E-state index contributed by atoms with van der Waals surface area (Å²) in [6.07, 6.45) is 2.85. The number of benzene rings is 1. The Labute approximate surface area is 173 Å². The molecule has 4 rings (SSSR count). The summed E-state index contributed by atoms with van der Waals surface area (Å²) in [5, 5.41) is 9.42. The number of ether oxygens (including phenoxy) is 4. The largest absolute Gasteiger partial charge is 0.489 e. The quantitative estimate of drug-likeness (QED) is 0.694. The smallest absolute Gasteiger partial charge is 0.341 e. The van der Waals surface area contributed by atoms with Crippen LogP contribution in [0.25, 0.3) is 11.3 Å². The molecule has 0 saturated heterocycles. The van der Waals surface area contributed by atoms with Gasteiger partial charge in [0, 0.05) is 44.0 Å². The van der Waals surface area contributed by atoms with Gasteiger partial charge in [-0.2, -0.15) is 0 Å². The van der Waals surface area contributed by atoms with Crippen LogP contribution in [0.5, 0.6) is 17.2 Å². The maximum Gasteiger partial charge on any atom is 0.341 e. The highest BCUT2D eigenvalue weighted by molar-refractivity contribution is 5.88. The van der Waals surface area contributed by atoms with Crippen molar-refractivity contribution < 1.29 is 28.8 Å². The fourth-order valence-corrected chi connectivity index (χ4v) is 4.09. The molecule has 1 N–H and O–H groups in total. The summed E-state index contributed by atoms with van der Waals surface area (Å²) in [4.78, 5) is 24.0. The van der Waals surface area contributed by atoms with Crippen molar-refractivity contribution in [3.8, 4) is 28.5 Å². The second-order valence-corrected chi connectivity index (χ2v) is 7.83. The minimum absolute atomic E-state index is 0.00656. The van der Waals surface area contributed by atoms with Gasteiger partial charge in [-0.3, -0.25) is 4.79 Å². The van der Waals surface area contributed by atoms with E-state index in [1.54, 1.807) is 7.11 Å². The maximum atomic E-state index is 12.5. The lowest BCUT2D eigenvalue weighted by atomic mass is 9.86. The van der Waals surface area contributed by atoms with Gasteiger partial charge in [-0.1, -0.05) is 13.8 Å². The molecule has 1 atom stereocenters. The van der Waals surface area contributed by atoms with Crippen LogP contribution in [0.4, 0.5) is 0 Å². The molecular formula is C22H25NO7. The van der Waals surface area contributed by atoms with Crippen molar-refractivity contribution >= 4 is 5.97 Å². The Balaban J connectivity index is 1.86. The summed E-state index contributed by atoms with van der Waals surface area (Å²) < 4.78 is 24.4. The number of fused-ring (bicyclic) bond motifs is 5. The number of aromatic carboxylic acids is 1. The molecular weight excluding hydrogens is 390 g/mol. The number of carbonyl (C=O) groups is 1. The molecule has 0 aliphatic carbocycles. The van der Waals surface area contributed by atoms with Crippen molar-refractivity contribution in [2.45, 2.75) is 32.7 Å². The molecule has 2 aliphatic heterocycles. The SMILES string of the molecule is COCCCOc1cc2c(c3c1OCO3)-c1cc(=O)c(C(=O)O)cn1[C@H](C(C)C)C2. The van der Waals surface area contributed by atoms with Crippen LogP contribution in [0.3, 0.4) is 0 Å². The first-order chi connectivity index (χ1) is 14.4. The number of methoxy groups -OCH3 is 1. The van der Waals surface area contributed by atoms with Gasteiger partial charge in [0.2, 0.25) is 12.5 Å². The van der Waals surface area contributed by atoms with E-state index >= 15 is 0 Å². The highest BCUT2D eigenvalue weighted by Crippen LogP contribution is 2.52. The predicted molar refractivity (Wildman–Crippen MR) is 109 cm³/mol. The van der Waals surface area contributed by atoms with Crippen molar-refractivity contribution in [2.24, 2.45) is 5.92 Å². The van der Waals surface area contributed by atoms with Crippen LogP contribution in [-0.2, 0) is 11.2 Å². The zero-order valence-corrected chi connectivity index (χ0v) is 17.3. The molecule has 3 heterocycles. The average Bonchev–Trinajstić information content (AvgIpc) is 3.19. The van der Waals surface area contributed by atoms with Gasteiger partial charge < -0.3 is 28.6 Å². The standard InChI is InChI=1S/C22H25NO7/c1-12(2)15-7-13-8-18(28-6-4-5-27-3)20-21(30-11-29-20)19(13)16-9-17(24)14(22(25)26)10-23(15)16/h8-10,12,15H,4-7,11H2,1-3H3,(H,25,26)/t15-/m0/s1. The van der Waals surface area contributed by atoms with E-state index in [1.807, 2.05) is 10.6 Å². The van der Waals surface area contributed by atoms with Crippen molar-refractivity contribution in [1.29, 1.82) is 0 Å². The third-order valence-corrected chi connectivity index (χ3v) is 5.56. The van der Waals surface area contributed by atoms with Gasteiger partial charge in [0.05, 0.1) is 12.3 Å². The zero-order valence-electron chi connectivity index (χ0n) is 17.3. The molecule has 1 aromatic carbocycles. The Morgan fingerprint density at radius 2 is 2.03 bits per heavy atom. The topological polar surface area (TPSA) is 96.2 Å². The lowest BCUT2D eigenvalue weighted by molar-refractivity contribution is 0.0694. The first kappa shape index (κ1) is 20.3. The van der Waals surface area contributed by atoms with Crippen LogP contribution < -0.4 is 19.6 Å². The Bertz CT molecular complexity index is 1040. The zero-order chi connectivity index (χ0) is 21.4. The van der Waals surface area contributed by atoms with Crippen molar-refractivity contribution in [3.05, 3.63) is 39.7 Å². The molecule has 160 valence electrons.